The average Bonchev–Trinajstić information content (AvgIpc) is 3.39. The molecule has 0 saturated carbocycles. The van der Waals surface area contributed by atoms with Gasteiger partial charge in [-0.05, 0) is 35.5 Å². The second-order valence-corrected chi connectivity index (χ2v) is 8.56. The van der Waals surface area contributed by atoms with Crippen molar-refractivity contribution in [3.8, 4) is 17.5 Å². The fraction of sp³-hybridized carbons (Fsp3) is 0.304. The third-order valence-corrected chi connectivity index (χ3v) is 5.66. The number of hydrogen-bond acceptors (Lipinski definition) is 10. The summed E-state index contributed by atoms with van der Waals surface area (Å²) in [5.74, 6) is -0.255. The highest BCUT2D eigenvalue weighted by atomic mass is 19.4. The van der Waals surface area contributed by atoms with Gasteiger partial charge in [0.1, 0.15) is 5.69 Å². The minimum atomic E-state index is -4.49. The van der Waals surface area contributed by atoms with Crippen LogP contribution in [0.3, 0.4) is 0 Å². The second-order valence-electron chi connectivity index (χ2n) is 8.56. The summed E-state index contributed by atoms with van der Waals surface area (Å²) in [7, 11) is 3.33. The van der Waals surface area contributed by atoms with Crippen molar-refractivity contribution < 1.29 is 22.3 Å². The molecular weight excluding hydrogens is 508 g/mol. The van der Waals surface area contributed by atoms with Gasteiger partial charge in [-0.25, -0.2) is 9.37 Å². The van der Waals surface area contributed by atoms with E-state index in [2.05, 4.69) is 35.7 Å². The third kappa shape index (κ3) is 5.46. The number of benzene rings is 1. The molecule has 0 amide bonds. The summed E-state index contributed by atoms with van der Waals surface area (Å²) < 4.78 is 59.6. The molecule has 0 radical (unpaired) electrons. The van der Waals surface area contributed by atoms with Crippen molar-refractivity contribution >= 4 is 22.9 Å². The lowest BCUT2D eigenvalue weighted by Gasteiger charge is -2.27. The lowest BCUT2D eigenvalue weighted by atomic mass is 10.1. The number of anilines is 4. The van der Waals surface area contributed by atoms with Gasteiger partial charge in [-0.15, -0.1) is 10.2 Å². The van der Waals surface area contributed by atoms with Crippen molar-refractivity contribution in [2.75, 3.05) is 55.5 Å². The quantitative estimate of drug-likeness (QED) is 0.373. The molecule has 0 unspecified atom stereocenters. The summed E-state index contributed by atoms with van der Waals surface area (Å²) in [4.78, 5) is 16.9. The van der Waals surface area contributed by atoms with Gasteiger partial charge in [0, 0.05) is 38.6 Å². The highest BCUT2D eigenvalue weighted by Gasteiger charge is 2.31. The first-order valence-electron chi connectivity index (χ1n) is 11.5. The van der Waals surface area contributed by atoms with Crippen molar-refractivity contribution in [2.45, 2.75) is 6.18 Å². The molecule has 1 aliphatic heterocycles. The van der Waals surface area contributed by atoms with E-state index in [1.54, 1.807) is 42.1 Å². The summed E-state index contributed by atoms with van der Waals surface area (Å²) >= 11 is 0. The zero-order chi connectivity index (χ0) is 26.9. The Hall–Kier alpha value is -4.40. The Morgan fingerprint density at radius 2 is 1.79 bits per heavy atom. The number of rotatable bonds is 6. The van der Waals surface area contributed by atoms with Crippen LogP contribution >= 0.6 is 0 Å². The third-order valence-electron chi connectivity index (χ3n) is 5.66. The number of tetrazole rings is 1. The molecule has 4 aromatic rings. The van der Waals surface area contributed by atoms with Crippen molar-refractivity contribution in [1.29, 1.82) is 0 Å². The molecule has 15 heteroatoms. The van der Waals surface area contributed by atoms with Gasteiger partial charge in [-0.3, -0.25) is 4.98 Å². The molecule has 198 valence electrons. The fourth-order valence-corrected chi connectivity index (χ4v) is 3.72. The van der Waals surface area contributed by atoms with Crippen LogP contribution in [0.2, 0.25) is 0 Å². The summed E-state index contributed by atoms with van der Waals surface area (Å²) in [5.41, 5.74) is 0.702. The second kappa shape index (κ2) is 10.2. The van der Waals surface area contributed by atoms with E-state index in [9.17, 15) is 17.6 Å². The molecule has 1 fully saturated rings. The number of halogens is 4. The van der Waals surface area contributed by atoms with Gasteiger partial charge < -0.3 is 19.9 Å². The number of alkyl halides is 3. The van der Waals surface area contributed by atoms with E-state index in [-0.39, 0.29) is 23.3 Å². The Kier molecular flexibility index (Phi) is 6.75. The van der Waals surface area contributed by atoms with Crippen LogP contribution in [0.1, 0.15) is 5.56 Å². The minimum absolute atomic E-state index is 0.0335. The van der Waals surface area contributed by atoms with Crippen LogP contribution in [0.15, 0.2) is 42.7 Å². The number of aromatic nitrogens is 7. The fourth-order valence-electron chi connectivity index (χ4n) is 3.72. The Labute approximate surface area is 214 Å². The molecule has 38 heavy (non-hydrogen) atoms. The van der Waals surface area contributed by atoms with E-state index in [0.29, 0.717) is 43.4 Å². The molecule has 0 bridgehead atoms. The lowest BCUT2D eigenvalue weighted by molar-refractivity contribution is -0.137. The zero-order valence-electron chi connectivity index (χ0n) is 20.3. The standard InChI is InChI=1S/C23H22F4N10O/c1-35(2)17-10-14(23(25,26)27)9-16(11-17)30-15-3-4-19(28-12-15)20-32-34-37(33-20)22-29-13-18(24)21(31-22)36-5-7-38-8-6-36/h3-4,9-13,30H,5-8H2,1-2H3. The number of hydrogen-bond donors (Lipinski definition) is 1. The highest BCUT2D eigenvalue weighted by Crippen LogP contribution is 2.35. The van der Waals surface area contributed by atoms with E-state index in [0.717, 1.165) is 23.1 Å². The Morgan fingerprint density at radius 3 is 2.47 bits per heavy atom. The molecule has 1 N–H and O–H groups in total. The highest BCUT2D eigenvalue weighted by molar-refractivity contribution is 5.67. The van der Waals surface area contributed by atoms with Crippen LogP contribution < -0.4 is 15.1 Å². The molecule has 0 aliphatic carbocycles. The lowest BCUT2D eigenvalue weighted by Crippen LogP contribution is -2.37. The van der Waals surface area contributed by atoms with Crippen LogP contribution in [0, 0.1) is 5.82 Å². The minimum Gasteiger partial charge on any atom is -0.378 e. The molecule has 0 spiro atoms. The molecule has 11 nitrogen and oxygen atoms in total. The Bertz CT molecular complexity index is 1420. The Balaban J connectivity index is 1.34. The van der Waals surface area contributed by atoms with Gasteiger partial charge in [-0.2, -0.15) is 18.2 Å². The first-order valence-corrected chi connectivity index (χ1v) is 11.5. The topological polar surface area (TPSA) is 110 Å². The largest absolute Gasteiger partial charge is 0.416 e. The van der Waals surface area contributed by atoms with Crippen molar-refractivity contribution in [2.24, 2.45) is 0 Å². The van der Waals surface area contributed by atoms with Crippen molar-refractivity contribution in [3.63, 3.8) is 0 Å². The van der Waals surface area contributed by atoms with E-state index in [4.69, 9.17) is 4.74 Å². The number of ether oxygens (including phenoxy) is 1. The summed E-state index contributed by atoms with van der Waals surface area (Å²) in [6.07, 6.45) is -2.00. The summed E-state index contributed by atoms with van der Waals surface area (Å²) in [6, 6.07) is 6.93. The smallest absolute Gasteiger partial charge is 0.378 e. The molecule has 1 aromatic carbocycles. The molecular formula is C23H22F4N10O. The predicted molar refractivity (Wildman–Crippen MR) is 130 cm³/mol. The molecule has 5 rings (SSSR count). The molecule has 0 atom stereocenters. The molecule has 4 heterocycles. The zero-order valence-corrected chi connectivity index (χ0v) is 20.3. The van der Waals surface area contributed by atoms with Crippen LogP contribution in [0.5, 0.6) is 0 Å². The molecule has 1 saturated heterocycles. The number of pyridine rings is 1. The summed E-state index contributed by atoms with van der Waals surface area (Å²) in [5, 5.41) is 15.1. The normalized spacial score (nSPS) is 14.0. The monoisotopic (exact) mass is 530 g/mol. The maximum absolute atomic E-state index is 14.3. The van der Waals surface area contributed by atoms with E-state index in [1.807, 2.05) is 0 Å². The number of morpholine rings is 1. The van der Waals surface area contributed by atoms with Gasteiger partial charge in [0.15, 0.2) is 11.6 Å². The first-order chi connectivity index (χ1) is 18.2. The van der Waals surface area contributed by atoms with Gasteiger partial charge in [0.2, 0.25) is 5.82 Å². The maximum atomic E-state index is 14.3. The van der Waals surface area contributed by atoms with E-state index < -0.39 is 17.6 Å². The molecule has 3 aromatic heterocycles. The van der Waals surface area contributed by atoms with Gasteiger partial charge in [-0.1, -0.05) is 4.80 Å². The van der Waals surface area contributed by atoms with Crippen LogP contribution in [-0.2, 0) is 10.9 Å². The van der Waals surface area contributed by atoms with Crippen LogP contribution in [-0.4, -0.2) is 75.6 Å². The van der Waals surface area contributed by atoms with Crippen molar-refractivity contribution in [3.05, 3.63) is 54.1 Å². The van der Waals surface area contributed by atoms with Crippen molar-refractivity contribution in [1.82, 2.24) is 35.2 Å². The SMILES string of the molecule is CN(C)c1cc(Nc2ccc(-c3nnn(-c4ncc(F)c(N5CCOCC5)n4)n3)nc2)cc(C(F)(F)F)c1. The van der Waals surface area contributed by atoms with Gasteiger partial charge in [0.25, 0.3) is 5.95 Å². The van der Waals surface area contributed by atoms with E-state index >= 15 is 0 Å². The first kappa shape index (κ1) is 25.3. The maximum Gasteiger partial charge on any atom is 0.416 e. The average molecular weight is 530 g/mol. The summed E-state index contributed by atoms with van der Waals surface area (Å²) in [6.45, 7) is 1.91. The van der Waals surface area contributed by atoms with Gasteiger partial charge in [0.05, 0.1) is 36.9 Å². The van der Waals surface area contributed by atoms with Crippen LogP contribution in [0.4, 0.5) is 40.4 Å². The number of nitrogens with one attached hydrogen (secondary N) is 1. The molecule has 1 aliphatic rings. The Morgan fingerprint density at radius 1 is 1.00 bits per heavy atom. The van der Waals surface area contributed by atoms with Gasteiger partial charge >= 0.3 is 6.18 Å². The number of nitrogens with zero attached hydrogens (tertiary/aromatic N) is 9. The van der Waals surface area contributed by atoms with E-state index in [1.165, 1.54) is 6.20 Å². The van der Waals surface area contributed by atoms with Crippen LogP contribution in [0.25, 0.3) is 17.5 Å². The predicted octanol–water partition coefficient (Wildman–Crippen LogP) is 3.32.